The molecule has 1 N–H and O–H groups in total. The van der Waals surface area contributed by atoms with Crippen LogP contribution in [0.15, 0.2) is 24.4 Å². The van der Waals surface area contributed by atoms with Crippen molar-refractivity contribution in [2.24, 2.45) is 0 Å². The van der Waals surface area contributed by atoms with E-state index in [0.29, 0.717) is 18.3 Å². The highest BCUT2D eigenvalue weighted by atomic mass is 35.5. The molecule has 2 aromatic rings. The van der Waals surface area contributed by atoms with E-state index < -0.39 is 0 Å². The predicted octanol–water partition coefficient (Wildman–Crippen LogP) is 2.45. The fourth-order valence-corrected chi connectivity index (χ4v) is 3.71. The topological polar surface area (TPSA) is 81.5 Å². The van der Waals surface area contributed by atoms with Crippen LogP contribution in [0.25, 0.3) is 0 Å². The summed E-state index contributed by atoms with van der Waals surface area (Å²) in [5, 5.41) is 11.8. The molecule has 2 fully saturated rings. The molecular formula is C20H28ClN5O3. The number of nitrogens with zero attached hydrogens (tertiary/aromatic N) is 4. The molecule has 0 bridgehead atoms. The maximum absolute atomic E-state index is 13.2. The fourth-order valence-electron chi connectivity index (χ4n) is 3.71. The van der Waals surface area contributed by atoms with Crippen molar-refractivity contribution in [1.29, 1.82) is 0 Å². The molecule has 9 heteroatoms. The zero-order chi connectivity index (χ0) is 19.5. The average molecular weight is 422 g/mol. The van der Waals surface area contributed by atoms with Gasteiger partial charge in [-0.3, -0.25) is 4.79 Å². The summed E-state index contributed by atoms with van der Waals surface area (Å²) in [4.78, 5) is 15.1. The van der Waals surface area contributed by atoms with Gasteiger partial charge in [-0.25, -0.2) is 4.68 Å². The minimum absolute atomic E-state index is 0. The Morgan fingerprint density at radius 1 is 1.21 bits per heavy atom. The summed E-state index contributed by atoms with van der Waals surface area (Å²) in [7, 11) is 3.27. The van der Waals surface area contributed by atoms with Crippen LogP contribution < -0.4 is 14.8 Å². The highest BCUT2D eigenvalue weighted by molar-refractivity contribution is 5.92. The molecule has 1 amide bonds. The Balaban J connectivity index is 0.00000240. The van der Waals surface area contributed by atoms with Crippen LogP contribution in [-0.4, -0.2) is 59.2 Å². The first-order valence-corrected chi connectivity index (χ1v) is 9.84. The SMILES string of the molecule is COc1ccc(OC)c(CN(C(=O)c2cn(C3CCNCC3)nn2)C2CC2)c1.Cl. The van der Waals surface area contributed by atoms with Gasteiger partial charge in [0.1, 0.15) is 11.5 Å². The molecule has 1 aromatic carbocycles. The van der Waals surface area contributed by atoms with Gasteiger partial charge < -0.3 is 19.7 Å². The second-order valence-corrected chi connectivity index (χ2v) is 7.41. The summed E-state index contributed by atoms with van der Waals surface area (Å²) in [5.74, 6) is 1.42. The molecule has 158 valence electrons. The van der Waals surface area contributed by atoms with Crippen LogP contribution in [0.5, 0.6) is 11.5 Å². The predicted molar refractivity (Wildman–Crippen MR) is 111 cm³/mol. The highest BCUT2D eigenvalue weighted by Gasteiger charge is 2.35. The molecule has 0 spiro atoms. The molecule has 0 unspecified atom stereocenters. The molecule has 29 heavy (non-hydrogen) atoms. The molecule has 1 aliphatic heterocycles. The number of benzene rings is 1. The second-order valence-electron chi connectivity index (χ2n) is 7.41. The van der Waals surface area contributed by atoms with Crippen molar-refractivity contribution in [3.05, 3.63) is 35.7 Å². The molecule has 2 aliphatic rings. The first-order chi connectivity index (χ1) is 13.7. The summed E-state index contributed by atoms with van der Waals surface area (Å²) in [6.45, 7) is 2.40. The molecule has 1 aromatic heterocycles. The highest BCUT2D eigenvalue weighted by Crippen LogP contribution is 2.33. The Labute approximate surface area is 177 Å². The third-order valence-corrected chi connectivity index (χ3v) is 5.49. The van der Waals surface area contributed by atoms with Gasteiger partial charge in [-0.2, -0.15) is 0 Å². The van der Waals surface area contributed by atoms with Gasteiger partial charge in [0, 0.05) is 11.6 Å². The van der Waals surface area contributed by atoms with E-state index in [4.69, 9.17) is 9.47 Å². The van der Waals surface area contributed by atoms with E-state index >= 15 is 0 Å². The Morgan fingerprint density at radius 3 is 2.62 bits per heavy atom. The smallest absolute Gasteiger partial charge is 0.276 e. The summed E-state index contributed by atoms with van der Waals surface area (Å²) < 4.78 is 12.7. The molecule has 0 radical (unpaired) electrons. The van der Waals surface area contributed by atoms with E-state index in [-0.39, 0.29) is 24.4 Å². The zero-order valence-corrected chi connectivity index (χ0v) is 17.7. The molecule has 4 rings (SSSR count). The number of rotatable bonds is 7. The van der Waals surface area contributed by atoms with E-state index in [2.05, 4.69) is 15.6 Å². The minimum Gasteiger partial charge on any atom is -0.497 e. The third kappa shape index (κ3) is 4.82. The molecule has 0 atom stereocenters. The molecule has 8 nitrogen and oxygen atoms in total. The van der Waals surface area contributed by atoms with Gasteiger partial charge in [0.15, 0.2) is 5.69 Å². The van der Waals surface area contributed by atoms with Gasteiger partial charge >= 0.3 is 0 Å². The number of hydrogen-bond donors (Lipinski definition) is 1. The summed E-state index contributed by atoms with van der Waals surface area (Å²) in [6, 6.07) is 6.20. The van der Waals surface area contributed by atoms with Crippen LogP contribution in [0.2, 0.25) is 0 Å². The number of aromatic nitrogens is 3. The lowest BCUT2D eigenvalue weighted by Crippen LogP contribution is -2.33. The van der Waals surface area contributed by atoms with Crippen LogP contribution in [0.3, 0.4) is 0 Å². The summed E-state index contributed by atoms with van der Waals surface area (Å²) in [6.07, 6.45) is 5.84. The number of halogens is 1. The van der Waals surface area contributed by atoms with Crippen LogP contribution in [-0.2, 0) is 6.54 Å². The number of piperidine rings is 1. The Bertz CT molecular complexity index is 833. The minimum atomic E-state index is -0.0763. The quantitative estimate of drug-likeness (QED) is 0.739. The molecule has 2 heterocycles. The Morgan fingerprint density at radius 2 is 1.97 bits per heavy atom. The normalized spacial score (nSPS) is 16.8. The largest absolute Gasteiger partial charge is 0.497 e. The van der Waals surface area contributed by atoms with E-state index in [0.717, 1.165) is 55.8 Å². The number of methoxy groups -OCH3 is 2. The van der Waals surface area contributed by atoms with Crippen LogP contribution in [0.1, 0.15) is 47.8 Å². The number of ether oxygens (including phenoxy) is 2. The van der Waals surface area contributed by atoms with Crippen molar-refractivity contribution < 1.29 is 14.3 Å². The van der Waals surface area contributed by atoms with Crippen molar-refractivity contribution >= 4 is 18.3 Å². The molecule has 1 saturated heterocycles. The van der Waals surface area contributed by atoms with Crippen LogP contribution in [0.4, 0.5) is 0 Å². The van der Waals surface area contributed by atoms with E-state index in [1.807, 2.05) is 27.8 Å². The number of amides is 1. The van der Waals surface area contributed by atoms with Crippen molar-refractivity contribution in [2.45, 2.75) is 44.3 Å². The van der Waals surface area contributed by atoms with E-state index in [9.17, 15) is 4.79 Å². The summed E-state index contributed by atoms with van der Waals surface area (Å²) in [5.41, 5.74) is 1.33. The van der Waals surface area contributed by atoms with Crippen molar-refractivity contribution in [1.82, 2.24) is 25.2 Å². The van der Waals surface area contributed by atoms with E-state index in [1.54, 1.807) is 20.4 Å². The van der Waals surface area contributed by atoms with Crippen molar-refractivity contribution in [3.8, 4) is 11.5 Å². The van der Waals surface area contributed by atoms with Gasteiger partial charge in [-0.15, -0.1) is 17.5 Å². The van der Waals surface area contributed by atoms with Gasteiger partial charge in [-0.05, 0) is 57.0 Å². The zero-order valence-electron chi connectivity index (χ0n) is 16.8. The first kappa shape index (κ1) is 21.4. The number of hydrogen-bond acceptors (Lipinski definition) is 6. The number of nitrogens with one attached hydrogen (secondary N) is 1. The number of carbonyl (C=O) groups is 1. The van der Waals surface area contributed by atoms with Crippen molar-refractivity contribution in [2.75, 3.05) is 27.3 Å². The van der Waals surface area contributed by atoms with Gasteiger partial charge in [0.2, 0.25) is 0 Å². The maximum Gasteiger partial charge on any atom is 0.276 e. The van der Waals surface area contributed by atoms with Crippen LogP contribution in [0, 0.1) is 0 Å². The van der Waals surface area contributed by atoms with E-state index in [1.165, 1.54) is 0 Å². The van der Waals surface area contributed by atoms with Crippen LogP contribution >= 0.6 is 12.4 Å². The standard InChI is InChI=1S/C20H27N5O3.ClH/c1-27-17-5-6-19(28-2)14(11-17)12-24(15-3-4-15)20(26)18-13-25(23-22-18)16-7-9-21-10-8-16;/h5-6,11,13,15-16,21H,3-4,7-10,12H2,1-2H3;1H. The lowest BCUT2D eigenvalue weighted by molar-refractivity contribution is 0.0722. The molecule has 1 saturated carbocycles. The Hall–Kier alpha value is -2.32. The fraction of sp³-hybridized carbons (Fsp3) is 0.550. The van der Waals surface area contributed by atoms with Gasteiger partial charge in [0.25, 0.3) is 5.91 Å². The Kier molecular flexibility index (Phi) is 6.97. The maximum atomic E-state index is 13.2. The third-order valence-electron chi connectivity index (χ3n) is 5.49. The van der Waals surface area contributed by atoms with Gasteiger partial charge in [0.05, 0.1) is 33.0 Å². The summed E-state index contributed by atoms with van der Waals surface area (Å²) >= 11 is 0. The average Bonchev–Trinajstić information content (AvgIpc) is 3.47. The first-order valence-electron chi connectivity index (χ1n) is 9.84. The molecule has 1 aliphatic carbocycles. The van der Waals surface area contributed by atoms with Gasteiger partial charge in [-0.1, -0.05) is 5.21 Å². The van der Waals surface area contributed by atoms with Crippen molar-refractivity contribution in [3.63, 3.8) is 0 Å². The monoisotopic (exact) mass is 421 g/mol. The second kappa shape index (κ2) is 9.45. The lowest BCUT2D eigenvalue weighted by Gasteiger charge is -2.23. The number of carbonyl (C=O) groups excluding carboxylic acids is 1. The molecular weight excluding hydrogens is 394 g/mol. The lowest BCUT2D eigenvalue weighted by atomic mass is 10.1.